The Hall–Kier alpha value is -3.55. The molecule has 0 saturated heterocycles. The molecule has 3 N–H and O–H groups in total. The molecule has 1 heterocycles. The van der Waals surface area contributed by atoms with Crippen LogP contribution in [0.3, 0.4) is 0 Å². The van der Waals surface area contributed by atoms with Crippen molar-refractivity contribution in [2.24, 2.45) is 5.73 Å². The zero-order valence-corrected chi connectivity index (χ0v) is 15.6. The normalized spacial score (nSPS) is 15.2. The number of nitrogens with zero attached hydrogens (tertiary/aromatic N) is 1. The summed E-state index contributed by atoms with van der Waals surface area (Å²) in [4.78, 5) is 37.9. The number of hydrogen-bond acceptors (Lipinski definition) is 5. The van der Waals surface area contributed by atoms with Crippen molar-refractivity contribution in [1.29, 1.82) is 0 Å². The third-order valence-corrected chi connectivity index (χ3v) is 4.37. The van der Waals surface area contributed by atoms with Crippen LogP contribution in [0.1, 0.15) is 15.9 Å². The maximum Gasteiger partial charge on any atom is 0.265 e. The maximum absolute atomic E-state index is 12.9. The number of carbonyl (C=O) groups excluding carboxylic acids is 3. The highest BCUT2D eigenvalue weighted by atomic mass is 16.5. The second-order valence-electron chi connectivity index (χ2n) is 6.35. The summed E-state index contributed by atoms with van der Waals surface area (Å²) in [6.45, 7) is 1.57. The van der Waals surface area contributed by atoms with E-state index in [1.54, 1.807) is 42.5 Å². The highest BCUT2D eigenvalue weighted by Gasteiger charge is 2.33. The lowest BCUT2D eigenvalue weighted by Gasteiger charge is -2.34. The minimum Gasteiger partial charge on any atom is -0.483 e. The fourth-order valence-electron chi connectivity index (χ4n) is 2.94. The smallest absolute Gasteiger partial charge is 0.265 e. The van der Waals surface area contributed by atoms with Crippen molar-refractivity contribution in [3.8, 4) is 11.5 Å². The molecule has 28 heavy (non-hydrogen) atoms. The minimum absolute atomic E-state index is 0.0510. The number of amides is 3. The molecule has 0 aromatic heterocycles. The lowest BCUT2D eigenvalue weighted by atomic mass is 10.1. The largest absolute Gasteiger partial charge is 0.483 e. The molecule has 1 atom stereocenters. The van der Waals surface area contributed by atoms with Gasteiger partial charge < -0.3 is 25.4 Å². The molecular formula is C20H21N3O5. The fraction of sp³-hybridized carbons (Fsp3) is 0.250. The van der Waals surface area contributed by atoms with E-state index < -0.39 is 12.0 Å². The molecule has 8 heteroatoms. The molecule has 0 fully saturated rings. The van der Waals surface area contributed by atoms with E-state index in [1.165, 1.54) is 11.9 Å². The van der Waals surface area contributed by atoms with Crippen LogP contribution in [0, 0.1) is 6.92 Å². The van der Waals surface area contributed by atoms with E-state index in [0.717, 1.165) is 5.56 Å². The third kappa shape index (κ3) is 3.90. The third-order valence-electron chi connectivity index (χ3n) is 4.37. The number of benzene rings is 2. The molecule has 0 radical (unpaired) electrons. The van der Waals surface area contributed by atoms with Gasteiger partial charge in [-0.05, 0) is 36.8 Å². The van der Waals surface area contributed by atoms with E-state index >= 15 is 0 Å². The molecule has 2 aromatic rings. The Bertz CT molecular complexity index is 928. The summed E-state index contributed by atoms with van der Waals surface area (Å²) >= 11 is 0. The zero-order valence-electron chi connectivity index (χ0n) is 15.6. The van der Waals surface area contributed by atoms with Gasteiger partial charge in [0.25, 0.3) is 17.7 Å². The van der Waals surface area contributed by atoms with Crippen molar-refractivity contribution in [2.45, 2.75) is 13.0 Å². The minimum atomic E-state index is -0.830. The van der Waals surface area contributed by atoms with Crippen molar-refractivity contribution < 1.29 is 23.9 Å². The van der Waals surface area contributed by atoms with Gasteiger partial charge in [-0.3, -0.25) is 14.4 Å². The summed E-state index contributed by atoms with van der Waals surface area (Å²) < 4.78 is 11.3. The van der Waals surface area contributed by atoms with Gasteiger partial charge in [0.2, 0.25) is 0 Å². The molecule has 0 saturated carbocycles. The number of nitrogens with one attached hydrogen (secondary N) is 1. The quantitative estimate of drug-likeness (QED) is 0.801. The molecule has 0 spiro atoms. The van der Waals surface area contributed by atoms with Crippen molar-refractivity contribution in [2.75, 3.05) is 25.1 Å². The van der Waals surface area contributed by atoms with Crippen LogP contribution in [0.4, 0.5) is 5.69 Å². The van der Waals surface area contributed by atoms with Gasteiger partial charge in [0, 0.05) is 7.05 Å². The molecule has 146 valence electrons. The summed E-state index contributed by atoms with van der Waals surface area (Å²) in [5, 5.41) is 2.52. The maximum atomic E-state index is 12.9. The van der Waals surface area contributed by atoms with Crippen LogP contribution >= 0.6 is 0 Å². The number of aryl methyl sites for hydroxylation is 1. The summed E-state index contributed by atoms with van der Waals surface area (Å²) in [7, 11) is 1.50. The van der Waals surface area contributed by atoms with Gasteiger partial charge in [0.1, 0.15) is 11.5 Å². The monoisotopic (exact) mass is 383 g/mol. The molecular weight excluding hydrogens is 362 g/mol. The molecule has 1 unspecified atom stereocenters. The van der Waals surface area contributed by atoms with Crippen LogP contribution < -0.4 is 25.4 Å². The molecule has 8 nitrogen and oxygen atoms in total. The van der Waals surface area contributed by atoms with E-state index in [1.807, 2.05) is 6.92 Å². The van der Waals surface area contributed by atoms with Crippen LogP contribution in [0.2, 0.25) is 0 Å². The van der Waals surface area contributed by atoms with Crippen LogP contribution in [0.15, 0.2) is 42.5 Å². The molecule has 3 rings (SSSR count). The van der Waals surface area contributed by atoms with E-state index in [2.05, 4.69) is 5.32 Å². The van der Waals surface area contributed by atoms with Gasteiger partial charge in [0.15, 0.2) is 12.7 Å². The predicted octanol–water partition coefficient (Wildman–Crippen LogP) is 1.01. The molecule has 0 bridgehead atoms. The van der Waals surface area contributed by atoms with Gasteiger partial charge in [0.05, 0.1) is 17.8 Å². The van der Waals surface area contributed by atoms with Crippen molar-refractivity contribution in [3.05, 3.63) is 53.6 Å². The molecule has 1 aliphatic heterocycles. The average molecular weight is 383 g/mol. The first kappa shape index (κ1) is 19.2. The Morgan fingerprint density at radius 3 is 2.71 bits per heavy atom. The van der Waals surface area contributed by atoms with Gasteiger partial charge >= 0.3 is 0 Å². The lowest BCUT2D eigenvalue weighted by Crippen LogP contribution is -2.51. The number of para-hydroxylation sites is 2. The van der Waals surface area contributed by atoms with E-state index in [9.17, 15) is 14.4 Å². The Labute approximate surface area is 162 Å². The van der Waals surface area contributed by atoms with Crippen molar-refractivity contribution in [3.63, 3.8) is 0 Å². The zero-order chi connectivity index (χ0) is 20.3. The Balaban J connectivity index is 1.81. The topological polar surface area (TPSA) is 111 Å². The van der Waals surface area contributed by atoms with E-state index in [0.29, 0.717) is 11.4 Å². The standard InChI is InChI=1S/C20H21N3O5/c1-12-7-8-13(19(21)25)16(9-12)27-11-18(24)23-10-17(20(26)22-2)28-15-6-4-3-5-14(15)23/h3-9,17H,10-11H2,1-2H3,(H2,21,25)(H,22,26). The van der Waals surface area contributed by atoms with E-state index in [-0.39, 0.29) is 36.3 Å². The van der Waals surface area contributed by atoms with E-state index in [4.69, 9.17) is 15.2 Å². The second-order valence-corrected chi connectivity index (χ2v) is 6.35. The molecule has 2 aromatic carbocycles. The average Bonchev–Trinajstić information content (AvgIpc) is 2.70. The number of carbonyl (C=O) groups is 3. The van der Waals surface area contributed by atoms with Gasteiger partial charge in [-0.25, -0.2) is 0 Å². The summed E-state index contributed by atoms with van der Waals surface area (Å²) in [6, 6.07) is 11.9. The first-order valence-corrected chi connectivity index (χ1v) is 8.71. The Morgan fingerprint density at radius 1 is 1.25 bits per heavy atom. The van der Waals surface area contributed by atoms with Crippen LogP contribution in [-0.2, 0) is 9.59 Å². The first-order valence-electron chi connectivity index (χ1n) is 8.71. The van der Waals surface area contributed by atoms with Crippen LogP contribution in [-0.4, -0.2) is 44.0 Å². The second kappa shape index (κ2) is 7.99. The lowest BCUT2D eigenvalue weighted by molar-refractivity contribution is -0.128. The van der Waals surface area contributed by atoms with Crippen molar-refractivity contribution in [1.82, 2.24) is 5.32 Å². The Kier molecular flexibility index (Phi) is 5.49. The predicted molar refractivity (Wildman–Crippen MR) is 102 cm³/mol. The molecule has 0 aliphatic carbocycles. The van der Waals surface area contributed by atoms with Crippen LogP contribution in [0.25, 0.3) is 0 Å². The van der Waals surface area contributed by atoms with Crippen molar-refractivity contribution >= 4 is 23.4 Å². The van der Waals surface area contributed by atoms with Crippen LogP contribution in [0.5, 0.6) is 11.5 Å². The number of fused-ring (bicyclic) bond motifs is 1. The number of nitrogens with two attached hydrogens (primary N) is 1. The number of primary amides is 1. The van der Waals surface area contributed by atoms with Gasteiger partial charge in [-0.15, -0.1) is 0 Å². The number of likely N-dealkylation sites (N-methyl/N-ethyl adjacent to an activating group) is 1. The van der Waals surface area contributed by atoms with Gasteiger partial charge in [-0.1, -0.05) is 18.2 Å². The molecule has 3 amide bonds. The highest BCUT2D eigenvalue weighted by molar-refractivity contribution is 5.99. The Morgan fingerprint density at radius 2 is 2.00 bits per heavy atom. The molecule has 1 aliphatic rings. The number of ether oxygens (including phenoxy) is 2. The van der Waals surface area contributed by atoms with Gasteiger partial charge in [-0.2, -0.15) is 0 Å². The summed E-state index contributed by atoms with van der Waals surface area (Å²) in [5.74, 6) is -0.669. The highest BCUT2D eigenvalue weighted by Crippen LogP contribution is 2.33. The summed E-state index contributed by atoms with van der Waals surface area (Å²) in [6.07, 6.45) is -0.830. The SMILES string of the molecule is CNC(=O)C1CN(C(=O)COc2cc(C)ccc2C(N)=O)c2ccccc2O1. The number of anilines is 1. The summed E-state index contributed by atoms with van der Waals surface area (Å²) in [5.41, 5.74) is 6.98. The number of hydrogen-bond donors (Lipinski definition) is 2. The number of rotatable bonds is 5. The fourth-order valence-corrected chi connectivity index (χ4v) is 2.94. The first-order chi connectivity index (χ1) is 13.4.